The Bertz CT molecular complexity index is 1790. The van der Waals surface area contributed by atoms with Gasteiger partial charge in [0, 0.05) is 17.9 Å². The van der Waals surface area contributed by atoms with E-state index in [1.807, 2.05) is 22.9 Å². The third-order valence-corrected chi connectivity index (χ3v) is 9.74. The molecule has 5 N–H and O–H groups in total. The Labute approximate surface area is 240 Å². The van der Waals surface area contributed by atoms with Crippen molar-refractivity contribution in [2.75, 3.05) is 6.26 Å². The number of carbonyl (C=O) groups is 1. The zero-order valence-corrected chi connectivity index (χ0v) is 24.3. The molecule has 2 aromatic heterocycles. The summed E-state index contributed by atoms with van der Waals surface area (Å²) in [4.78, 5) is 17.4. The number of sulfone groups is 1. The number of carbonyl (C=O) groups excluding carboxylic acids is 1. The number of nitrogens with one attached hydrogen (secondary N) is 2. The first kappa shape index (κ1) is 29.2. The number of fused-ring (bicyclic) bond motifs is 1. The quantitative estimate of drug-likeness (QED) is 0.213. The topological polar surface area (TPSA) is 207 Å². The van der Waals surface area contributed by atoms with Crippen LogP contribution in [0.3, 0.4) is 0 Å². The molecule has 16 heteroatoms. The molecule has 0 bridgehead atoms. The number of nitrogens with zero attached hydrogens (tertiary/aromatic N) is 3. The molecule has 0 radical (unpaired) electrons. The highest BCUT2D eigenvalue weighted by molar-refractivity contribution is 7.91. The van der Waals surface area contributed by atoms with Gasteiger partial charge in [-0.1, -0.05) is 18.2 Å². The third-order valence-electron chi connectivity index (χ3n) is 6.68. The molecule has 1 aliphatic carbocycles. The smallest absolute Gasteiger partial charge is 0.274 e. The first-order valence-electron chi connectivity index (χ1n) is 12.6. The normalized spacial score (nSPS) is 18.8. The number of rotatable bonds is 9. The number of thiazole rings is 1. The molecule has 1 atom stereocenters. The highest BCUT2D eigenvalue weighted by Gasteiger charge is 2.34. The summed E-state index contributed by atoms with van der Waals surface area (Å²) in [5.74, 6) is -0.580. The average Bonchev–Trinajstić information content (AvgIpc) is 3.54. The van der Waals surface area contributed by atoms with Gasteiger partial charge in [0.1, 0.15) is 5.01 Å². The standard InChI is InChI=1S/C25H28N6O7S3/c1-40(34,35)22(24-31-30-21(38-24)13-27-41(26,36)37)25-29-19-10-5-15(12-20(19)39-25)14-3-2-4-16(11-14)23(33)28-17-6-8-18(32)9-7-17/h2-5,10-12,17-18,22,27,32H,6-9,13H2,1H3,(H,28,33)(H2,26,36,37). The fourth-order valence-corrected chi connectivity index (χ4v) is 7.50. The van der Waals surface area contributed by atoms with Crippen LogP contribution < -0.4 is 15.2 Å². The van der Waals surface area contributed by atoms with E-state index < -0.39 is 31.8 Å². The van der Waals surface area contributed by atoms with E-state index in [1.54, 1.807) is 24.3 Å². The van der Waals surface area contributed by atoms with E-state index >= 15 is 0 Å². The molecule has 2 aromatic carbocycles. The van der Waals surface area contributed by atoms with Gasteiger partial charge in [-0.25, -0.2) is 18.5 Å². The minimum absolute atomic E-state index is 0.0317. The summed E-state index contributed by atoms with van der Waals surface area (Å²) in [6.07, 6.45) is 3.54. The van der Waals surface area contributed by atoms with E-state index in [-0.39, 0.29) is 34.8 Å². The molecule has 1 aliphatic rings. The lowest BCUT2D eigenvalue weighted by atomic mass is 9.93. The maximum absolute atomic E-state index is 12.9. The molecule has 4 aromatic rings. The van der Waals surface area contributed by atoms with Crippen LogP contribution in [0.25, 0.3) is 21.3 Å². The second-order valence-corrected chi connectivity index (χ2v) is 14.5. The number of nitrogens with two attached hydrogens (primary N) is 1. The van der Waals surface area contributed by atoms with Gasteiger partial charge in [0.15, 0.2) is 15.1 Å². The Morgan fingerprint density at radius 3 is 2.54 bits per heavy atom. The predicted molar refractivity (Wildman–Crippen MR) is 152 cm³/mol. The van der Waals surface area contributed by atoms with E-state index in [0.29, 0.717) is 28.6 Å². The van der Waals surface area contributed by atoms with Crippen molar-refractivity contribution < 1.29 is 31.2 Å². The van der Waals surface area contributed by atoms with Crippen LogP contribution in [0.1, 0.15) is 58.1 Å². The summed E-state index contributed by atoms with van der Waals surface area (Å²) in [5.41, 5.74) is 2.69. The fourth-order valence-electron chi connectivity index (χ4n) is 4.64. The van der Waals surface area contributed by atoms with Crippen LogP contribution >= 0.6 is 11.3 Å². The van der Waals surface area contributed by atoms with Crippen molar-refractivity contribution in [2.45, 2.75) is 49.6 Å². The molecular weight excluding hydrogens is 593 g/mol. The van der Waals surface area contributed by atoms with Gasteiger partial charge in [-0.3, -0.25) is 4.79 Å². The van der Waals surface area contributed by atoms with Crippen molar-refractivity contribution in [1.82, 2.24) is 25.2 Å². The molecule has 5 rings (SSSR count). The first-order valence-corrected chi connectivity index (χ1v) is 17.0. The van der Waals surface area contributed by atoms with Crippen LogP contribution in [-0.2, 0) is 26.6 Å². The van der Waals surface area contributed by atoms with Gasteiger partial charge in [0.25, 0.3) is 16.1 Å². The second-order valence-electron chi connectivity index (χ2n) is 9.90. The highest BCUT2D eigenvalue weighted by atomic mass is 32.2. The van der Waals surface area contributed by atoms with Gasteiger partial charge in [0.05, 0.1) is 22.9 Å². The Morgan fingerprint density at radius 2 is 1.83 bits per heavy atom. The van der Waals surface area contributed by atoms with Crippen LogP contribution in [0, 0.1) is 0 Å². The molecule has 1 saturated carbocycles. The van der Waals surface area contributed by atoms with Gasteiger partial charge in [0.2, 0.25) is 11.8 Å². The SMILES string of the molecule is CS(=O)(=O)C(c1nnc(CNS(N)(=O)=O)o1)c1nc2ccc(-c3cccc(C(=O)NC4CCC(O)CC4)c3)cc2s1. The number of benzene rings is 2. The number of aromatic nitrogens is 3. The summed E-state index contributed by atoms with van der Waals surface area (Å²) in [5, 5.41) is 24.1. The predicted octanol–water partition coefficient (Wildman–Crippen LogP) is 1.81. The first-order chi connectivity index (χ1) is 19.4. The lowest BCUT2D eigenvalue weighted by Gasteiger charge is -2.26. The van der Waals surface area contributed by atoms with E-state index in [9.17, 15) is 26.7 Å². The number of aliphatic hydroxyl groups is 1. The zero-order valence-electron chi connectivity index (χ0n) is 21.8. The minimum Gasteiger partial charge on any atom is -0.422 e. The van der Waals surface area contributed by atoms with Gasteiger partial charge < -0.3 is 14.8 Å². The summed E-state index contributed by atoms with van der Waals surface area (Å²) in [6, 6.07) is 12.7. The molecule has 0 aliphatic heterocycles. The summed E-state index contributed by atoms with van der Waals surface area (Å²) in [7, 11) is -7.82. The summed E-state index contributed by atoms with van der Waals surface area (Å²) < 4.78 is 55.9. The van der Waals surface area contributed by atoms with Gasteiger partial charge in [-0.2, -0.15) is 13.1 Å². The lowest BCUT2D eigenvalue weighted by Crippen LogP contribution is -2.38. The number of hydrogen-bond donors (Lipinski definition) is 4. The molecule has 41 heavy (non-hydrogen) atoms. The van der Waals surface area contributed by atoms with E-state index in [1.165, 1.54) is 0 Å². The molecule has 0 saturated heterocycles. The molecule has 1 amide bonds. The molecule has 0 spiro atoms. The molecule has 1 unspecified atom stereocenters. The number of aliphatic hydroxyl groups excluding tert-OH is 1. The summed E-state index contributed by atoms with van der Waals surface area (Å²) in [6.45, 7) is -0.396. The van der Waals surface area contributed by atoms with Crippen molar-refractivity contribution in [3.05, 3.63) is 64.8 Å². The van der Waals surface area contributed by atoms with Crippen molar-refractivity contribution in [3.8, 4) is 11.1 Å². The van der Waals surface area contributed by atoms with Crippen LogP contribution in [0.15, 0.2) is 46.9 Å². The third kappa shape index (κ3) is 7.14. The second kappa shape index (κ2) is 11.5. The van der Waals surface area contributed by atoms with Gasteiger partial charge in [-0.05, 0) is 61.1 Å². The molecule has 13 nitrogen and oxygen atoms in total. The Balaban J connectivity index is 1.39. The Kier molecular flexibility index (Phi) is 8.22. The monoisotopic (exact) mass is 620 g/mol. The maximum atomic E-state index is 12.9. The van der Waals surface area contributed by atoms with Crippen molar-refractivity contribution in [3.63, 3.8) is 0 Å². The van der Waals surface area contributed by atoms with E-state index in [0.717, 1.165) is 41.6 Å². The maximum Gasteiger partial charge on any atom is 0.274 e. The van der Waals surface area contributed by atoms with E-state index in [2.05, 4.69) is 20.5 Å². The lowest BCUT2D eigenvalue weighted by molar-refractivity contribution is 0.0867. The average molecular weight is 621 g/mol. The van der Waals surface area contributed by atoms with Crippen molar-refractivity contribution >= 4 is 47.5 Å². The van der Waals surface area contributed by atoms with Gasteiger partial charge in [-0.15, -0.1) is 21.5 Å². The highest BCUT2D eigenvalue weighted by Crippen LogP contribution is 2.36. The molecule has 1 fully saturated rings. The summed E-state index contributed by atoms with van der Waals surface area (Å²) >= 11 is 1.15. The van der Waals surface area contributed by atoms with Crippen LogP contribution in [0.5, 0.6) is 0 Å². The largest absolute Gasteiger partial charge is 0.422 e. The van der Waals surface area contributed by atoms with Crippen LogP contribution in [-0.4, -0.2) is 61.4 Å². The van der Waals surface area contributed by atoms with Crippen molar-refractivity contribution in [1.29, 1.82) is 0 Å². The Hall–Kier alpha value is -3.28. The van der Waals surface area contributed by atoms with E-state index in [4.69, 9.17) is 9.56 Å². The number of hydrogen-bond acceptors (Lipinski definition) is 11. The Morgan fingerprint density at radius 1 is 1.10 bits per heavy atom. The minimum atomic E-state index is -4.01. The van der Waals surface area contributed by atoms with Crippen LogP contribution in [0.4, 0.5) is 0 Å². The van der Waals surface area contributed by atoms with Crippen LogP contribution in [0.2, 0.25) is 0 Å². The molecular formula is C25H28N6O7S3. The van der Waals surface area contributed by atoms with Crippen molar-refractivity contribution in [2.24, 2.45) is 5.14 Å². The zero-order chi connectivity index (χ0) is 29.4. The van der Waals surface area contributed by atoms with Gasteiger partial charge >= 0.3 is 0 Å². The molecule has 2 heterocycles. The number of amides is 1. The molecule has 218 valence electrons. The fraction of sp³-hybridized carbons (Fsp3) is 0.360.